The van der Waals surface area contributed by atoms with Gasteiger partial charge in [-0.3, -0.25) is 4.90 Å². The van der Waals surface area contributed by atoms with Crippen molar-refractivity contribution in [1.82, 2.24) is 10.2 Å². The van der Waals surface area contributed by atoms with Crippen molar-refractivity contribution in [2.24, 2.45) is 0 Å². The average molecular weight is 337 g/mol. The number of benzene rings is 2. The van der Waals surface area contributed by atoms with Crippen LogP contribution in [0.4, 0.5) is 0 Å². The Morgan fingerprint density at radius 2 is 1.72 bits per heavy atom. The molecular formula is C23H32N2. The van der Waals surface area contributed by atoms with E-state index in [-0.39, 0.29) is 0 Å². The molecule has 1 aliphatic rings. The van der Waals surface area contributed by atoms with Gasteiger partial charge in [-0.2, -0.15) is 0 Å². The molecule has 2 atom stereocenters. The van der Waals surface area contributed by atoms with E-state index in [0.717, 1.165) is 26.1 Å². The van der Waals surface area contributed by atoms with Gasteiger partial charge in [0.1, 0.15) is 0 Å². The molecule has 0 spiro atoms. The zero-order chi connectivity index (χ0) is 17.8. The van der Waals surface area contributed by atoms with Crippen LogP contribution in [-0.2, 0) is 13.0 Å². The second-order valence-electron chi connectivity index (χ2n) is 7.69. The van der Waals surface area contributed by atoms with E-state index in [0.29, 0.717) is 18.0 Å². The van der Waals surface area contributed by atoms with E-state index in [1.807, 2.05) is 0 Å². The lowest BCUT2D eigenvalue weighted by molar-refractivity contribution is 0.133. The molecule has 1 aliphatic heterocycles. The maximum Gasteiger partial charge on any atom is 0.0452 e. The third kappa shape index (κ3) is 4.31. The van der Waals surface area contributed by atoms with Crippen LogP contribution in [0.1, 0.15) is 61.9 Å². The van der Waals surface area contributed by atoms with Gasteiger partial charge in [-0.25, -0.2) is 0 Å². The van der Waals surface area contributed by atoms with Gasteiger partial charge in [0.05, 0.1) is 0 Å². The average Bonchev–Trinajstić information content (AvgIpc) is 2.64. The molecule has 0 saturated carbocycles. The highest BCUT2D eigenvalue weighted by atomic mass is 15.2. The van der Waals surface area contributed by atoms with Crippen molar-refractivity contribution in [2.75, 3.05) is 13.1 Å². The largest absolute Gasteiger partial charge is 0.307 e. The molecule has 0 aromatic heterocycles. The summed E-state index contributed by atoms with van der Waals surface area (Å²) in [4.78, 5) is 2.62. The van der Waals surface area contributed by atoms with Gasteiger partial charge in [0.25, 0.3) is 0 Å². The number of rotatable bonds is 5. The molecule has 2 nitrogen and oxygen atoms in total. The van der Waals surface area contributed by atoms with Crippen molar-refractivity contribution in [1.29, 1.82) is 0 Å². The summed E-state index contributed by atoms with van der Waals surface area (Å²) < 4.78 is 0. The van der Waals surface area contributed by atoms with Gasteiger partial charge in [0.2, 0.25) is 0 Å². The van der Waals surface area contributed by atoms with Gasteiger partial charge in [-0.05, 0) is 41.5 Å². The Balaban J connectivity index is 1.75. The molecule has 0 bridgehead atoms. The lowest BCUT2D eigenvalue weighted by Gasteiger charge is -2.40. The van der Waals surface area contributed by atoms with Crippen LogP contribution in [0.5, 0.6) is 0 Å². The predicted molar refractivity (Wildman–Crippen MR) is 107 cm³/mol. The van der Waals surface area contributed by atoms with Crippen molar-refractivity contribution < 1.29 is 0 Å². The van der Waals surface area contributed by atoms with E-state index in [4.69, 9.17) is 0 Å². The fraction of sp³-hybridized carbons (Fsp3) is 0.478. The second-order valence-corrected chi connectivity index (χ2v) is 7.69. The smallest absolute Gasteiger partial charge is 0.0452 e. The Hall–Kier alpha value is -1.64. The summed E-state index contributed by atoms with van der Waals surface area (Å²) in [7, 11) is 0. The highest BCUT2D eigenvalue weighted by Crippen LogP contribution is 2.28. The van der Waals surface area contributed by atoms with E-state index in [1.165, 1.54) is 22.3 Å². The van der Waals surface area contributed by atoms with Gasteiger partial charge in [-0.1, -0.05) is 69.3 Å². The number of nitrogens with one attached hydrogen (secondary N) is 1. The van der Waals surface area contributed by atoms with Crippen molar-refractivity contribution >= 4 is 0 Å². The maximum absolute atomic E-state index is 3.77. The van der Waals surface area contributed by atoms with Gasteiger partial charge in [-0.15, -0.1) is 0 Å². The summed E-state index contributed by atoms with van der Waals surface area (Å²) in [5, 5.41) is 3.77. The van der Waals surface area contributed by atoms with E-state index in [2.05, 4.69) is 86.4 Å². The Bertz CT molecular complexity index is 675. The molecule has 134 valence electrons. The molecule has 2 aromatic carbocycles. The molecule has 1 N–H and O–H groups in total. The minimum Gasteiger partial charge on any atom is -0.307 e. The SMILES string of the molecule is CCc1ccc(CN2CC(c3ccccc3C(C)C)NCC2C)cc1. The first-order chi connectivity index (χ1) is 12.1. The van der Waals surface area contributed by atoms with E-state index in [9.17, 15) is 0 Å². The summed E-state index contributed by atoms with van der Waals surface area (Å²) in [6, 6.07) is 19.0. The maximum atomic E-state index is 3.77. The van der Waals surface area contributed by atoms with Gasteiger partial charge in [0.15, 0.2) is 0 Å². The highest BCUT2D eigenvalue weighted by molar-refractivity contribution is 5.33. The molecule has 25 heavy (non-hydrogen) atoms. The molecular weight excluding hydrogens is 304 g/mol. The first-order valence-corrected chi connectivity index (χ1v) is 9.72. The van der Waals surface area contributed by atoms with Crippen LogP contribution in [0, 0.1) is 0 Å². The van der Waals surface area contributed by atoms with Crippen LogP contribution in [0.25, 0.3) is 0 Å². The molecule has 0 aliphatic carbocycles. The van der Waals surface area contributed by atoms with Crippen LogP contribution in [0.2, 0.25) is 0 Å². The van der Waals surface area contributed by atoms with E-state index < -0.39 is 0 Å². The Morgan fingerprint density at radius 1 is 1.04 bits per heavy atom. The summed E-state index contributed by atoms with van der Waals surface area (Å²) in [6.07, 6.45) is 1.11. The van der Waals surface area contributed by atoms with Gasteiger partial charge < -0.3 is 5.32 Å². The molecule has 2 aromatic rings. The molecule has 2 heteroatoms. The third-order valence-corrected chi connectivity index (χ3v) is 5.51. The van der Waals surface area contributed by atoms with Crippen LogP contribution >= 0.6 is 0 Å². The zero-order valence-corrected chi connectivity index (χ0v) is 16.1. The van der Waals surface area contributed by atoms with Crippen molar-refractivity contribution in [3.63, 3.8) is 0 Å². The Labute approximate surface area is 153 Å². The van der Waals surface area contributed by atoms with Crippen LogP contribution in [0.3, 0.4) is 0 Å². The number of piperazine rings is 1. The van der Waals surface area contributed by atoms with E-state index >= 15 is 0 Å². The fourth-order valence-corrected chi connectivity index (χ4v) is 3.82. The van der Waals surface area contributed by atoms with Crippen LogP contribution in [-0.4, -0.2) is 24.0 Å². The molecule has 1 saturated heterocycles. The zero-order valence-electron chi connectivity index (χ0n) is 16.1. The molecule has 0 amide bonds. The third-order valence-electron chi connectivity index (χ3n) is 5.51. The van der Waals surface area contributed by atoms with Crippen LogP contribution < -0.4 is 5.32 Å². The summed E-state index contributed by atoms with van der Waals surface area (Å²) >= 11 is 0. The monoisotopic (exact) mass is 336 g/mol. The number of hydrogen-bond acceptors (Lipinski definition) is 2. The van der Waals surface area contributed by atoms with Crippen molar-refractivity contribution in [3.05, 3.63) is 70.8 Å². The molecule has 0 radical (unpaired) electrons. The lowest BCUT2D eigenvalue weighted by atomic mass is 9.91. The number of aryl methyl sites for hydroxylation is 1. The van der Waals surface area contributed by atoms with E-state index in [1.54, 1.807) is 0 Å². The summed E-state index contributed by atoms with van der Waals surface area (Å²) in [5.41, 5.74) is 5.78. The first-order valence-electron chi connectivity index (χ1n) is 9.72. The van der Waals surface area contributed by atoms with Crippen molar-refractivity contribution in [3.8, 4) is 0 Å². The first kappa shape index (κ1) is 18.2. The van der Waals surface area contributed by atoms with Crippen molar-refractivity contribution in [2.45, 2.75) is 58.7 Å². The Morgan fingerprint density at radius 3 is 2.40 bits per heavy atom. The fourth-order valence-electron chi connectivity index (χ4n) is 3.82. The molecule has 1 heterocycles. The van der Waals surface area contributed by atoms with Gasteiger partial charge in [0, 0.05) is 31.7 Å². The second kappa shape index (κ2) is 8.16. The summed E-state index contributed by atoms with van der Waals surface area (Å²) in [5.74, 6) is 0.562. The lowest BCUT2D eigenvalue weighted by Crippen LogP contribution is -2.51. The normalized spacial score (nSPS) is 21.6. The highest BCUT2D eigenvalue weighted by Gasteiger charge is 2.27. The summed E-state index contributed by atoms with van der Waals surface area (Å²) in [6.45, 7) is 12.3. The Kier molecular flexibility index (Phi) is 5.93. The minimum absolute atomic E-state index is 0.421. The topological polar surface area (TPSA) is 15.3 Å². The van der Waals surface area contributed by atoms with Gasteiger partial charge >= 0.3 is 0 Å². The standard InChI is InChI=1S/C23H32N2/c1-5-19-10-12-20(13-11-19)15-25-16-23(24-14-18(25)4)22-9-7-6-8-21(22)17(2)3/h6-13,17-18,23-24H,5,14-16H2,1-4H3. The number of hydrogen-bond donors (Lipinski definition) is 1. The quantitative estimate of drug-likeness (QED) is 0.835. The molecule has 3 rings (SSSR count). The predicted octanol–water partition coefficient (Wildman–Crippen LogP) is 4.91. The molecule has 1 fully saturated rings. The molecule has 2 unspecified atom stereocenters. The minimum atomic E-state index is 0.421. The number of nitrogens with zero attached hydrogens (tertiary/aromatic N) is 1. The van der Waals surface area contributed by atoms with Crippen LogP contribution in [0.15, 0.2) is 48.5 Å².